The maximum absolute atomic E-state index is 12.0. The minimum absolute atomic E-state index is 0. The number of methoxy groups -OCH3 is 1. The van der Waals surface area contributed by atoms with E-state index in [-0.39, 0.29) is 30.1 Å². The van der Waals surface area contributed by atoms with E-state index in [1.54, 1.807) is 19.1 Å². The molecule has 0 aliphatic carbocycles. The fraction of sp³-hybridized carbons (Fsp3) is 0.875. The highest BCUT2D eigenvalue weighted by atomic mass is 127. The SMILES string of the molecule is CN=C(NCCOC)NCCN1CCN(C(=O)OC(C)(C)C)CC1.I. The van der Waals surface area contributed by atoms with Gasteiger partial charge < -0.3 is 25.0 Å². The van der Waals surface area contributed by atoms with Crippen LogP contribution in [0.15, 0.2) is 4.99 Å². The van der Waals surface area contributed by atoms with Crippen molar-refractivity contribution in [1.29, 1.82) is 0 Å². The van der Waals surface area contributed by atoms with E-state index in [1.165, 1.54) is 0 Å². The van der Waals surface area contributed by atoms with Gasteiger partial charge in [0.15, 0.2) is 5.96 Å². The maximum atomic E-state index is 12.0. The summed E-state index contributed by atoms with van der Waals surface area (Å²) in [7, 11) is 3.43. The fourth-order valence-corrected chi connectivity index (χ4v) is 2.31. The zero-order valence-corrected chi connectivity index (χ0v) is 18.5. The summed E-state index contributed by atoms with van der Waals surface area (Å²) in [4.78, 5) is 20.3. The molecule has 0 bridgehead atoms. The van der Waals surface area contributed by atoms with Crippen LogP contribution in [0.5, 0.6) is 0 Å². The molecule has 0 saturated carbocycles. The van der Waals surface area contributed by atoms with Crippen molar-refractivity contribution in [2.24, 2.45) is 4.99 Å². The van der Waals surface area contributed by atoms with Gasteiger partial charge in [-0.3, -0.25) is 9.89 Å². The Hall–Kier alpha value is -0.810. The highest BCUT2D eigenvalue weighted by Gasteiger charge is 2.25. The number of aliphatic imine (C=N–C) groups is 1. The first kappa shape index (κ1) is 24.2. The Morgan fingerprint density at radius 1 is 1.12 bits per heavy atom. The maximum Gasteiger partial charge on any atom is 0.410 e. The number of carbonyl (C=O) groups is 1. The van der Waals surface area contributed by atoms with Crippen LogP contribution in [0.1, 0.15) is 20.8 Å². The molecule has 0 spiro atoms. The number of piperazine rings is 1. The summed E-state index contributed by atoms with van der Waals surface area (Å²) in [5.74, 6) is 0.777. The van der Waals surface area contributed by atoms with Gasteiger partial charge in [-0.1, -0.05) is 0 Å². The Labute approximate surface area is 168 Å². The minimum Gasteiger partial charge on any atom is -0.444 e. The van der Waals surface area contributed by atoms with Gasteiger partial charge in [-0.25, -0.2) is 4.79 Å². The van der Waals surface area contributed by atoms with Crippen LogP contribution in [0.25, 0.3) is 0 Å². The lowest BCUT2D eigenvalue weighted by Gasteiger charge is -2.35. The summed E-state index contributed by atoms with van der Waals surface area (Å²) in [6.07, 6.45) is -0.219. The summed E-state index contributed by atoms with van der Waals surface area (Å²) in [6.45, 7) is 11.9. The van der Waals surface area contributed by atoms with Gasteiger partial charge in [0.25, 0.3) is 0 Å². The Morgan fingerprint density at radius 2 is 1.72 bits per heavy atom. The minimum atomic E-state index is -0.441. The Kier molecular flexibility index (Phi) is 12.1. The van der Waals surface area contributed by atoms with Crippen LogP contribution in [0.2, 0.25) is 0 Å². The number of carbonyl (C=O) groups excluding carboxylic acids is 1. The van der Waals surface area contributed by atoms with Gasteiger partial charge in [-0.2, -0.15) is 0 Å². The van der Waals surface area contributed by atoms with Crippen LogP contribution < -0.4 is 10.6 Å². The second kappa shape index (κ2) is 12.5. The predicted octanol–water partition coefficient (Wildman–Crippen LogP) is 0.969. The molecule has 148 valence electrons. The zero-order valence-electron chi connectivity index (χ0n) is 16.1. The Bertz CT molecular complexity index is 407. The van der Waals surface area contributed by atoms with Gasteiger partial charge in [0.05, 0.1) is 6.61 Å². The van der Waals surface area contributed by atoms with Crippen molar-refractivity contribution >= 4 is 36.0 Å². The Balaban J connectivity index is 0.00000576. The van der Waals surface area contributed by atoms with Crippen LogP contribution in [0, 0.1) is 0 Å². The number of ether oxygens (including phenoxy) is 2. The molecule has 1 rings (SSSR count). The number of guanidine groups is 1. The molecule has 0 radical (unpaired) electrons. The van der Waals surface area contributed by atoms with Crippen LogP contribution in [-0.2, 0) is 9.47 Å². The van der Waals surface area contributed by atoms with Gasteiger partial charge >= 0.3 is 6.09 Å². The van der Waals surface area contributed by atoms with E-state index in [1.807, 2.05) is 20.8 Å². The number of amides is 1. The quantitative estimate of drug-likeness (QED) is 0.260. The summed E-state index contributed by atoms with van der Waals surface area (Å²) in [5, 5.41) is 6.45. The van der Waals surface area contributed by atoms with E-state index in [2.05, 4.69) is 20.5 Å². The molecule has 1 aliphatic rings. The Morgan fingerprint density at radius 3 is 2.24 bits per heavy atom. The third-order valence-electron chi connectivity index (χ3n) is 3.57. The van der Waals surface area contributed by atoms with E-state index < -0.39 is 5.60 Å². The van der Waals surface area contributed by atoms with Gasteiger partial charge in [0.1, 0.15) is 5.60 Å². The molecule has 0 aromatic heterocycles. The second-order valence-corrected chi connectivity index (χ2v) is 6.73. The van der Waals surface area contributed by atoms with Crippen LogP contribution in [0.4, 0.5) is 4.79 Å². The molecule has 1 aliphatic heterocycles. The molecular formula is C16H34IN5O3. The lowest BCUT2D eigenvalue weighted by atomic mass is 10.2. The fourth-order valence-electron chi connectivity index (χ4n) is 2.31. The molecule has 0 aromatic rings. The number of hydrogen-bond donors (Lipinski definition) is 2. The van der Waals surface area contributed by atoms with Gasteiger partial charge in [0, 0.05) is 60.0 Å². The van der Waals surface area contributed by atoms with Crippen molar-refractivity contribution < 1.29 is 14.3 Å². The van der Waals surface area contributed by atoms with Gasteiger partial charge in [0.2, 0.25) is 0 Å². The van der Waals surface area contributed by atoms with Crippen molar-refractivity contribution in [2.75, 3.05) is 66.6 Å². The molecule has 1 amide bonds. The van der Waals surface area contributed by atoms with Crippen LogP contribution >= 0.6 is 24.0 Å². The van der Waals surface area contributed by atoms with Crippen molar-refractivity contribution in [1.82, 2.24) is 20.4 Å². The molecule has 8 nitrogen and oxygen atoms in total. The first-order valence-electron chi connectivity index (χ1n) is 8.49. The number of nitrogens with zero attached hydrogens (tertiary/aromatic N) is 3. The van der Waals surface area contributed by atoms with E-state index >= 15 is 0 Å². The largest absolute Gasteiger partial charge is 0.444 e. The molecule has 0 atom stereocenters. The monoisotopic (exact) mass is 471 g/mol. The van der Waals surface area contributed by atoms with E-state index in [9.17, 15) is 4.79 Å². The molecule has 9 heteroatoms. The zero-order chi connectivity index (χ0) is 18.0. The molecule has 1 heterocycles. The number of rotatable bonds is 6. The van der Waals surface area contributed by atoms with Crippen molar-refractivity contribution in [3.05, 3.63) is 0 Å². The van der Waals surface area contributed by atoms with Crippen LogP contribution in [-0.4, -0.2) is 94.0 Å². The average molecular weight is 471 g/mol. The standard InChI is InChI=1S/C16H33N5O3.HI/c1-16(2,3)24-15(22)21-11-9-20(10-12-21)8-6-18-14(17-4)19-7-13-23-5;/h6-13H2,1-5H3,(H2,17,18,19);1H. The van der Waals surface area contributed by atoms with Gasteiger partial charge in [-0.15, -0.1) is 24.0 Å². The van der Waals surface area contributed by atoms with Crippen molar-refractivity contribution in [3.8, 4) is 0 Å². The predicted molar refractivity (Wildman–Crippen MR) is 111 cm³/mol. The smallest absolute Gasteiger partial charge is 0.410 e. The molecule has 25 heavy (non-hydrogen) atoms. The van der Waals surface area contributed by atoms with E-state index in [0.717, 1.165) is 38.7 Å². The molecule has 0 aromatic carbocycles. The summed E-state index contributed by atoms with van der Waals surface area (Å²) >= 11 is 0. The molecule has 0 unspecified atom stereocenters. The lowest BCUT2D eigenvalue weighted by molar-refractivity contribution is 0.0147. The number of halogens is 1. The highest BCUT2D eigenvalue weighted by Crippen LogP contribution is 2.11. The first-order valence-corrected chi connectivity index (χ1v) is 8.49. The van der Waals surface area contributed by atoms with Crippen LogP contribution in [0.3, 0.4) is 0 Å². The third kappa shape index (κ3) is 10.7. The number of hydrogen-bond acceptors (Lipinski definition) is 5. The third-order valence-corrected chi connectivity index (χ3v) is 3.57. The topological polar surface area (TPSA) is 78.4 Å². The second-order valence-electron chi connectivity index (χ2n) is 6.73. The summed E-state index contributed by atoms with van der Waals surface area (Å²) in [6, 6.07) is 0. The molecule has 1 fully saturated rings. The normalized spacial score (nSPS) is 16.2. The summed E-state index contributed by atoms with van der Waals surface area (Å²) < 4.78 is 10.4. The highest BCUT2D eigenvalue weighted by molar-refractivity contribution is 14.0. The van der Waals surface area contributed by atoms with Crippen molar-refractivity contribution in [2.45, 2.75) is 26.4 Å². The van der Waals surface area contributed by atoms with Gasteiger partial charge in [-0.05, 0) is 20.8 Å². The van der Waals surface area contributed by atoms with E-state index in [0.29, 0.717) is 19.7 Å². The number of nitrogens with one attached hydrogen (secondary N) is 2. The molecule has 1 saturated heterocycles. The first-order chi connectivity index (χ1) is 11.4. The molecule has 2 N–H and O–H groups in total. The summed E-state index contributed by atoms with van der Waals surface area (Å²) in [5.41, 5.74) is -0.441. The average Bonchev–Trinajstić information content (AvgIpc) is 2.52. The van der Waals surface area contributed by atoms with Crippen molar-refractivity contribution in [3.63, 3.8) is 0 Å². The molecular weight excluding hydrogens is 437 g/mol. The van der Waals surface area contributed by atoms with E-state index in [4.69, 9.17) is 9.47 Å². The lowest BCUT2D eigenvalue weighted by Crippen LogP contribution is -2.51.